The van der Waals surface area contributed by atoms with E-state index in [1.165, 1.54) is 18.1 Å². The van der Waals surface area contributed by atoms with Crippen LogP contribution in [0.15, 0.2) is 82.5 Å². The summed E-state index contributed by atoms with van der Waals surface area (Å²) < 4.78 is 11.2. The molecule has 1 N–H and O–H groups in total. The minimum Gasteiger partial charge on any atom is -0.503 e. The fraction of sp³-hybridized carbons (Fsp3) is 0.107. The predicted molar refractivity (Wildman–Crippen MR) is 134 cm³/mol. The number of hydrogen-bond donors (Lipinski definition) is 1. The number of furan rings is 1. The normalized spacial score (nSPS) is 15.4. The number of Topliss-reactive ketones (excluding diaryl/α,β-unsaturated/α-hetero) is 1. The second kappa shape index (κ2) is 8.91. The van der Waals surface area contributed by atoms with E-state index in [4.69, 9.17) is 26.0 Å². The number of nitrogens with zero attached hydrogens (tertiary/aromatic N) is 2. The molecule has 1 aromatic heterocycles. The van der Waals surface area contributed by atoms with Gasteiger partial charge >= 0.3 is 0 Å². The van der Waals surface area contributed by atoms with Gasteiger partial charge in [-0.3, -0.25) is 14.5 Å². The number of carbonyl (C=O) groups excluding carboxylic acids is 2. The number of halogens is 1. The Balaban J connectivity index is 1.67. The van der Waals surface area contributed by atoms with Gasteiger partial charge in [-0.1, -0.05) is 35.9 Å². The number of methoxy groups -OCH3 is 1. The van der Waals surface area contributed by atoms with Crippen molar-refractivity contribution in [1.29, 1.82) is 5.26 Å². The van der Waals surface area contributed by atoms with Crippen LogP contribution in [0, 0.1) is 18.3 Å². The first-order valence-corrected chi connectivity index (χ1v) is 11.4. The number of fused-ring (bicyclic) bond motifs is 1. The van der Waals surface area contributed by atoms with E-state index in [2.05, 4.69) is 0 Å². The van der Waals surface area contributed by atoms with Crippen LogP contribution < -0.4 is 9.64 Å². The highest BCUT2D eigenvalue weighted by Gasteiger charge is 2.45. The molecule has 3 aromatic carbocycles. The Hall–Kier alpha value is -4.54. The average Bonchev–Trinajstić information content (AvgIpc) is 3.42. The number of anilines is 1. The van der Waals surface area contributed by atoms with Gasteiger partial charge in [0, 0.05) is 22.2 Å². The summed E-state index contributed by atoms with van der Waals surface area (Å²) in [5.41, 5.74) is 2.56. The van der Waals surface area contributed by atoms with Gasteiger partial charge in [0.15, 0.2) is 22.9 Å². The number of ketones is 1. The van der Waals surface area contributed by atoms with Crippen molar-refractivity contribution in [2.45, 2.75) is 13.0 Å². The van der Waals surface area contributed by atoms with Crippen LogP contribution in [0.25, 0.3) is 11.0 Å². The van der Waals surface area contributed by atoms with Gasteiger partial charge in [0.2, 0.25) is 5.78 Å². The Morgan fingerprint density at radius 2 is 1.86 bits per heavy atom. The Morgan fingerprint density at radius 3 is 2.53 bits per heavy atom. The van der Waals surface area contributed by atoms with Gasteiger partial charge in [-0.05, 0) is 54.4 Å². The van der Waals surface area contributed by atoms with Crippen molar-refractivity contribution in [2.24, 2.45) is 0 Å². The SMILES string of the molecule is COc1cc(Cl)cc2cc(C(=O)C3=C(O)C(=O)N(c4ccc(C#N)cc4)C3c3ccccc3C)oc12. The zero-order valence-corrected chi connectivity index (χ0v) is 20.0. The zero-order valence-electron chi connectivity index (χ0n) is 19.3. The Labute approximate surface area is 211 Å². The topological polar surface area (TPSA) is 104 Å². The van der Waals surface area contributed by atoms with Crippen LogP contribution in [0.1, 0.15) is 33.3 Å². The molecular weight excluding hydrogens is 480 g/mol. The largest absolute Gasteiger partial charge is 0.503 e. The lowest BCUT2D eigenvalue weighted by molar-refractivity contribution is -0.117. The summed E-state index contributed by atoms with van der Waals surface area (Å²) in [7, 11) is 1.46. The second-order valence-electron chi connectivity index (χ2n) is 8.32. The molecule has 178 valence electrons. The van der Waals surface area contributed by atoms with E-state index in [9.17, 15) is 14.7 Å². The van der Waals surface area contributed by atoms with Gasteiger partial charge < -0.3 is 14.3 Å². The molecule has 2 heterocycles. The molecule has 5 rings (SSSR count). The number of nitriles is 1. The van der Waals surface area contributed by atoms with E-state index < -0.39 is 23.5 Å². The van der Waals surface area contributed by atoms with E-state index in [0.717, 1.165) is 5.56 Å². The third-order valence-electron chi connectivity index (χ3n) is 6.20. The molecular formula is C28H19ClN2O5. The molecule has 8 heteroatoms. The number of hydrogen-bond acceptors (Lipinski definition) is 6. The summed E-state index contributed by atoms with van der Waals surface area (Å²) in [5, 5.41) is 21.1. The lowest BCUT2D eigenvalue weighted by Crippen LogP contribution is -2.31. The standard InChI is InChI=1S/C28H19ClN2O5/c1-15-5-3-4-6-20(15)24-23(26(33)28(34)31(24)19-9-7-16(14-30)8-10-19)25(32)21-12-17-11-18(29)13-22(35-2)27(17)36-21/h3-13,24,33H,1-2H3. The third kappa shape index (κ3) is 3.69. The number of aliphatic hydroxyl groups excluding tert-OH is 1. The van der Waals surface area contributed by atoms with Crippen LogP contribution in [0.4, 0.5) is 5.69 Å². The lowest BCUT2D eigenvalue weighted by Gasteiger charge is -2.28. The van der Waals surface area contributed by atoms with E-state index >= 15 is 0 Å². The molecule has 0 bridgehead atoms. The number of aliphatic hydroxyl groups is 1. The molecule has 0 aliphatic carbocycles. The van der Waals surface area contributed by atoms with E-state index in [-0.39, 0.29) is 11.3 Å². The third-order valence-corrected chi connectivity index (χ3v) is 6.42. The van der Waals surface area contributed by atoms with Crippen molar-refractivity contribution in [3.8, 4) is 11.8 Å². The molecule has 36 heavy (non-hydrogen) atoms. The van der Waals surface area contributed by atoms with Gasteiger partial charge in [-0.2, -0.15) is 5.26 Å². The molecule has 0 spiro atoms. The molecule has 0 saturated heterocycles. The smallest absolute Gasteiger partial charge is 0.294 e. The Kier molecular flexibility index (Phi) is 5.75. The molecule has 0 fully saturated rings. The number of benzene rings is 3. The summed E-state index contributed by atoms with van der Waals surface area (Å²) in [6.07, 6.45) is 0. The summed E-state index contributed by atoms with van der Waals surface area (Å²) in [6, 6.07) is 19.5. The first-order chi connectivity index (χ1) is 17.3. The minimum absolute atomic E-state index is 0.0693. The van der Waals surface area contributed by atoms with E-state index in [1.54, 1.807) is 48.5 Å². The van der Waals surface area contributed by atoms with Crippen LogP contribution in [0.5, 0.6) is 5.75 Å². The maximum absolute atomic E-state index is 13.8. The highest BCUT2D eigenvalue weighted by molar-refractivity contribution is 6.31. The van der Waals surface area contributed by atoms with Crippen LogP contribution in [0.3, 0.4) is 0 Å². The Bertz CT molecular complexity index is 1610. The van der Waals surface area contributed by atoms with Crippen molar-refractivity contribution >= 4 is 39.9 Å². The highest BCUT2D eigenvalue weighted by Crippen LogP contribution is 2.43. The van der Waals surface area contributed by atoms with Crippen LogP contribution in [-0.2, 0) is 4.79 Å². The highest BCUT2D eigenvalue weighted by atomic mass is 35.5. The van der Waals surface area contributed by atoms with E-state index in [0.29, 0.717) is 38.6 Å². The molecule has 1 amide bonds. The quantitative estimate of drug-likeness (QED) is 0.335. The van der Waals surface area contributed by atoms with Crippen molar-refractivity contribution < 1.29 is 23.8 Å². The molecule has 1 aliphatic rings. The average molecular weight is 499 g/mol. The maximum Gasteiger partial charge on any atom is 0.294 e. The number of carbonyl (C=O) groups is 2. The summed E-state index contributed by atoms with van der Waals surface area (Å²) >= 11 is 6.16. The van der Waals surface area contributed by atoms with Crippen molar-refractivity contribution in [2.75, 3.05) is 12.0 Å². The van der Waals surface area contributed by atoms with Crippen molar-refractivity contribution in [3.63, 3.8) is 0 Å². The Morgan fingerprint density at radius 1 is 1.14 bits per heavy atom. The van der Waals surface area contributed by atoms with Gasteiger partial charge in [0.1, 0.15) is 0 Å². The zero-order chi connectivity index (χ0) is 25.6. The number of ether oxygens (including phenoxy) is 1. The molecule has 0 radical (unpaired) electrons. The molecule has 1 atom stereocenters. The monoisotopic (exact) mass is 498 g/mol. The molecule has 7 nitrogen and oxygen atoms in total. The van der Waals surface area contributed by atoms with Crippen molar-refractivity contribution in [3.05, 3.63) is 106 Å². The van der Waals surface area contributed by atoms with Gasteiger partial charge in [-0.25, -0.2) is 0 Å². The first-order valence-electron chi connectivity index (χ1n) is 11.0. The fourth-order valence-corrected chi connectivity index (χ4v) is 4.69. The number of rotatable bonds is 5. The van der Waals surface area contributed by atoms with Crippen LogP contribution in [-0.4, -0.2) is 23.9 Å². The number of amides is 1. The van der Waals surface area contributed by atoms with Crippen LogP contribution >= 0.6 is 11.6 Å². The maximum atomic E-state index is 13.8. The van der Waals surface area contributed by atoms with E-state index in [1.807, 2.05) is 25.1 Å². The summed E-state index contributed by atoms with van der Waals surface area (Å²) in [6.45, 7) is 1.86. The van der Waals surface area contributed by atoms with Gasteiger partial charge in [-0.15, -0.1) is 0 Å². The number of aryl methyl sites for hydroxylation is 1. The second-order valence-corrected chi connectivity index (χ2v) is 8.76. The fourth-order valence-electron chi connectivity index (χ4n) is 4.47. The lowest BCUT2D eigenvalue weighted by atomic mass is 9.92. The minimum atomic E-state index is -0.919. The molecule has 1 unspecified atom stereocenters. The van der Waals surface area contributed by atoms with Gasteiger partial charge in [0.25, 0.3) is 5.91 Å². The molecule has 0 saturated carbocycles. The van der Waals surface area contributed by atoms with Crippen molar-refractivity contribution in [1.82, 2.24) is 0 Å². The predicted octanol–water partition coefficient (Wildman–Crippen LogP) is 6.06. The molecule has 4 aromatic rings. The summed E-state index contributed by atoms with van der Waals surface area (Å²) in [4.78, 5) is 28.5. The molecule has 1 aliphatic heterocycles. The first kappa shape index (κ1) is 23.2. The summed E-state index contributed by atoms with van der Waals surface area (Å²) in [5.74, 6) is -1.75. The van der Waals surface area contributed by atoms with Crippen LogP contribution in [0.2, 0.25) is 5.02 Å². The van der Waals surface area contributed by atoms with Gasteiger partial charge in [0.05, 0.1) is 30.4 Å².